The summed E-state index contributed by atoms with van der Waals surface area (Å²) in [5.74, 6) is 1.57. The first-order chi connectivity index (χ1) is 8.79. The molecular weight excluding hydrogens is 218 g/mol. The van der Waals surface area contributed by atoms with Crippen LogP contribution < -0.4 is 5.73 Å². The smallest absolute Gasteiger partial charge is 0.0314 e. The van der Waals surface area contributed by atoms with Crippen LogP contribution in [-0.2, 0) is 0 Å². The molecule has 0 saturated heterocycles. The van der Waals surface area contributed by atoms with E-state index in [4.69, 9.17) is 5.73 Å². The van der Waals surface area contributed by atoms with Crippen LogP contribution in [0, 0.1) is 5.92 Å². The van der Waals surface area contributed by atoms with Crippen LogP contribution in [0.1, 0.15) is 56.9 Å². The quantitative estimate of drug-likeness (QED) is 0.591. The number of hydrogen-bond acceptors (Lipinski definition) is 1. The molecule has 98 valence electrons. The van der Waals surface area contributed by atoms with Crippen molar-refractivity contribution in [3.63, 3.8) is 0 Å². The Hall–Kier alpha value is -1.24. The number of nitrogens with two attached hydrogens (primary N) is 1. The van der Waals surface area contributed by atoms with Gasteiger partial charge in [0.2, 0.25) is 0 Å². The van der Waals surface area contributed by atoms with E-state index < -0.39 is 0 Å². The Kier molecular flexibility index (Phi) is 4.86. The fourth-order valence-electron chi connectivity index (χ4n) is 2.87. The minimum absolute atomic E-state index is 0.751. The maximum absolute atomic E-state index is 5.74. The highest BCUT2D eigenvalue weighted by Gasteiger charge is 2.20. The zero-order chi connectivity index (χ0) is 12.8. The van der Waals surface area contributed by atoms with Crippen LogP contribution in [0.25, 0.3) is 0 Å². The SMILES string of the molecule is CCCC=C[C@H]1CC[C@H](c2ccc(N)cc2)CC1. The standard InChI is InChI=1S/C17H25N/c1-2-3-4-5-14-6-8-15(9-7-14)16-10-12-17(18)13-11-16/h4-5,10-15H,2-3,6-9,18H2,1H3/t14-,15-. The zero-order valence-corrected chi connectivity index (χ0v) is 11.4. The molecule has 0 heterocycles. The van der Waals surface area contributed by atoms with Crippen LogP contribution in [-0.4, -0.2) is 0 Å². The number of anilines is 1. The lowest BCUT2D eigenvalue weighted by Crippen LogP contribution is -2.11. The molecule has 0 aromatic heterocycles. The van der Waals surface area contributed by atoms with E-state index in [0.29, 0.717) is 0 Å². The molecule has 0 aliphatic heterocycles. The third-order valence-electron chi connectivity index (χ3n) is 4.04. The molecule has 1 heteroatoms. The summed E-state index contributed by atoms with van der Waals surface area (Å²) in [7, 11) is 0. The summed E-state index contributed by atoms with van der Waals surface area (Å²) in [4.78, 5) is 0. The van der Waals surface area contributed by atoms with E-state index in [9.17, 15) is 0 Å². The molecule has 0 radical (unpaired) electrons. The molecule has 0 bridgehead atoms. The highest BCUT2D eigenvalue weighted by molar-refractivity contribution is 5.40. The van der Waals surface area contributed by atoms with E-state index in [1.54, 1.807) is 0 Å². The summed E-state index contributed by atoms with van der Waals surface area (Å²) >= 11 is 0. The molecule has 1 aliphatic rings. The molecule has 1 aliphatic carbocycles. The number of rotatable bonds is 4. The lowest BCUT2D eigenvalue weighted by molar-refractivity contribution is 0.375. The van der Waals surface area contributed by atoms with Crippen molar-refractivity contribution < 1.29 is 0 Å². The van der Waals surface area contributed by atoms with Gasteiger partial charge < -0.3 is 5.73 Å². The van der Waals surface area contributed by atoms with Crippen LogP contribution in [0.2, 0.25) is 0 Å². The molecule has 0 amide bonds. The fourth-order valence-corrected chi connectivity index (χ4v) is 2.87. The van der Waals surface area contributed by atoms with E-state index in [1.165, 1.54) is 44.1 Å². The fraction of sp³-hybridized carbons (Fsp3) is 0.529. The van der Waals surface area contributed by atoms with Gasteiger partial charge in [-0.05, 0) is 61.6 Å². The number of benzene rings is 1. The first-order valence-corrected chi connectivity index (χ1v) is 7.31. The number of allylic oxidation sites excluding steroid dienone is 2. The third-order valence-corrected chi connectivity index (χ3v) is 4.04. The van der Waals surface area contributed by atoms with Gasteiger partial charge in [-0.1, -0.05) is 37.6 Å². The normalized spacial score (nSPS) is 24.5. The Bertz CT molecular complexity index is 369. The molecule has 0 unspecified atom stereocenters. The average Bonchev–Trinajstić information content (AvgIpc) is 2.41. The maximum atomic E-state index is 5.74. The van der Waals surface area contributed by atoms with Crippen LogP contribution in [0.3, 0.4) is 0 Å². The van der Waals surface area contributed by atoms with Gasteiger partial charge in [0, 0.05) is 5.69 Å². The average molecular weight is 243 g/mol. The van der Waals surface area contributed by atoms with Gasteiger partial charge >= 0.3 is 0 Å². The van der Waals surface area contributed by atoms with Gasteiger partial charge in [-0.15, -0.1) is 0 Å². The van der Waals surface area contributed by atoms with Gasteiger partial charge in [-0.25, -0.2) is 0 Å². The molecule has 1 nitrogen and oxygen atoms in total. The van der Waals surface area contributed by atoms with Crippen molar-refractivity contribution in [2.45, 2.75) is 51.4 Å². The maximum Gasteiger partial charge on any atom is 0.0314 e. The Labute approximate surface area is 111 Å². The lowest BCUT2D eigenvalue weighted by Gasteiger charge is -2.27. The van der Waals surface area contributed by atoms with Crippen LogP contribution in [0.15, 0.2) is 36.4 Å². The van der Waals surface area contributed by atoms with E-state index in [2.05, 4.69) is 31.2 Å². The van der Waals surface area contributed by atoms with Crippen molar-refractivity contribution in [3.05, 3.63) is 42.0 Å². The Morgan fingerprint density at radius 2 is 1.78 bits per heavy atom. The van der Waals surface area contributed by atoms with Crippen LogP contribution >= 0.6 is 0 Å². The summed E-state index contributed by atoms with van der Waals surface area (Å²) in [6, 6.07) is 8.46. The van der Waals surface area contributed by atoms with Crippen molar-refractivity contribution in [3.8, 4) is 0 Å². The molecule has 2 rings (SSSR count). The molecule has 1 aromatic rings. The molecule has 1 fully saturated rings. The molecule has 2 N–H and O–H groups in total. The van der Waals surface area contributed by atoms with Gasteiger partial charge in [-0.2, -0.15) is 0 Å². The van der Waals surface area contributed by atoms with E-state index in [0.717, 1.165) is 17.5 Å². The second-order valence-corrected chi connectivity index (χ2v) is 5.50. The van der Waals surface area contributed by atoms with Gasteiger partial charge in [0.15, 0.2) is 0 Å². The molecule has 0 spiro atoms. The van der Waals surface area contributed by atoms with Crippen LogP contribution in [0.5, 0.6) is 0 Å². The Morgan fingerprint density at radius 1 is 1.11 bits per heavy atom. The summed E-state index contributed by atoms with van der Waals surface area (Å²) in [6.45, 7) is 2.24. The Morgan fingerprint density at radius 3 is 2.39 bits per heavy atom. The summed E-state index contributed by atoms with van der Waals surface area (Å²) in [5, 5.41) is 0. The van der Waals surface area contributed by atoms with Crippen molar-refractivity contribution in [1.29, 1.82) is 0 Å². The van der Waals surface area contributed by atoms with Crippen LogP contribution in [0.4, 0.5) is 5.69 Å². The molecule has 18 heavy (non-hydrogen) atoms. The predicted molar refractivity (Wildman–Crippen MR) is 79.6 cm³/mol. The summed E-state index contributed by atoms with van der Waals surface area (Å²) < 4.78 is 0. The highest BCUT2D eigenvalue weighted by atomic mass is 14.5. The molecule has 0 atom stereocenters. The van der Waals surface area contributed by atoms with Crippen molar-refractivity contribution >= 4 is 5.69 Å². The van der Waals surface area contributed by atoms with Gasteiger partial charge in [0.05, 0.1) is 0 Å². The number of hydrogen-bond donors (Lipinski definition) is 1. The first kappa shape index (κ1) is 13.2. The largest absolute Gasteiger partial charge is 0.399 e. The summed E-state index contributed by atoms with van der Waals surface area (Å²) in [5.41, 5.74) is 8.08. The second kappa shape index (κ2) is 6.63. The number of nitrogen functional groups attached to an aromatic ring is 1. The molecular formula is C17H25N. The number of unbranched alkanes of at least 4 members (excludes halogenated alkanes) is 1. The zero-order valence-electron chi connectivity index (χ0n) is 11.4. The molecule has 1 aromatic carbocycles. The minimum atomic E-state index is 0.751. The first-order valence-electron chi connectivity index (χ1n) is 7.31. The second-order valence-electron chi connectivity index (χ2n) is 5.50. The highest BCUT2D eigenvalue weighted by Crippen LogP contribution is 2.36. The molecule has 1 saturated carbocycles. The Balaban J connectivity index is 1.84. The topological polar surface area (TPSA) is 26.0 Å². The predicted octanol–water partition coefficient (Wildman–Crippen LogP) is 4.90. The third kappa shape index (κ3) is 3.63. The monoisotopic (exact) mass is 243 g/mol. The van der Waals surface area contributed by atoms with Gasteiger partial charge in [-0.3, -0.25) is 0 Å². The van der Waals surface area contributed by atoms with Crippen molar-refractivity contribution in [1.82, 2.24) is 0 Å². The van der Waals surface area contributed by atoms with Crippen molar-refractivity contribution in [2.75, 3.05) is 5.73 Å². The van der Waals surface area contributed by atoms with E-state index in [1.807, 2.05) is 12.1 Å². The van der Waals surface area contributed by atoms with Gasteiger partial charge in [0.25, 0.3) is 0 Å². The minimum Gasteiger partial charge on any atom is -0.399 e. The van der Waals surface area contributed by atoms with Crippen molar-refractivity contribution in [2.24, 2.45) is 5.92 Å². The summed E-state index contributed by atoms with van der Waals surface area (Å²) in [6.07, 6.45) is 12.6. The van der Waals surface area contributed by atoms with E-state index in [-0.39, 0.29) is 0 Å². The lowest BCUT2D eigenvalue weighted by atomic mass is 9.78. The van der Waals surface area contributed by atoms with Gasteiger partial charge in [0.1, 0.15) is 0 Å². The van der Waals surface area contributed by atoms with E-state index >= 15 is 0 Å².